The van der Waals surface area contributed by atoms with E-state index in [-0.39, 0.29) is 0 Å². The largest absolute Gasteiger partial charge is 0.493 e. The Morgan fingerprint density at radius 3 is 2.47 bits per heavy atom. The zero-order valence-corrected chi connectivity index (χ0v) is 10.5. The van der Waals surface area contributed by atoms with Crippen LogP contribution in [0.5, 0.6) is 5.75 Å². The first-order valence-electron chi connectivity index (χ1n) is 5.66. The molecule has 0 heterocycles. The number of hydrogen-bond acceptors (Lipinski definition) is 1. The Labute approximate surface area is 100.0 Å². The zero-order chi connectivity index (χ0) is 10.5. The van der Waals surface area contributed by atoms with Gasteiger partial charge in [-0.25, -0.2) is 0 Å². The molecule has 82 valence electrons. The fourth-order valence-corrected chi connectivity index (χ4v) is 2.19. The Morgan fingerprint density at radius 1 is 1.20 bits per heavy atom. The molecule has 0 N–H and O–H groups in total. The van der Waals surface area contributed by atoms with Crippen LogP contribution in [0.4, 0.5) is 0 Å². The lowest BCUT2D eigenvalue weighted by atomic mass is 9.86. The van der Waals surface area contributed by atoms with Crippen LogP contribution in [-0.4, -0.2) is 11.9 Å². The third kappa shape index (κ3) is 3.23. The summed E-state index contributed by atoms with van der Waals surface area (Å²) >= 11 is 3.44. The number of ether oxygens (including phenoxy) is 1. The van der Waals surface area contributed by atoms with Gasteiger partial charge in [0.15, 0.2) is 0 Å². The zero-order valence-electron chi connectivity index (χ0n) is 8.92. The van der Waals surface area contributed by atoms with Crippen LogP contribution in [0.15, 0.2) is 24.3 Å². The van der Waals surface area contributed by atoms with Gasteiger partial charge in [0, 0.05) is 5.33 Å². The number of rotatable bonds is 5. The smallest absolute Gasteiger partial charge is 0.119 e. The van der Waals surface area contributed by atoms with E-state index < -0.39 is 0 Å². The second kappa shape index (κ2) is 5.55. The molecule has 1 saturated carbocycles. The monoisotopic (exact) mass is 268 g/mol. The predicted octanol–water partition coefficient (Wildman–Crippen LogP) is 3.80. The molecule has 0 atom stereocenters. The summed E-state index contributed by atoms with van der Waals surface area (Å²) in [4.78, 5) is 0. The molecular formula is C13H17BrO. The van der Waals surface area contributed by atoms with Crippen molar-refractivity contribution in [3.05, 3.63) is 29.8 Å². The lowest BCUT2D eigenvalue weighted by Gasteiger charge is -2.25. The van der Waals surface area contributed by atoms with Crippen molar-refractivity contribution in [1.29, 1.82) is 0 Å². The second-order valence-corrected chi connectivity index (χ2v) is 4.98. The summed E-state index contributed by atoms with van der Waals surface area (Å²) in [6, 6.07) is 8.46. The summed E-state index contributed by atoms with van der Waals surface area (Å²) in [6.45, 7) is 0.901. The van der Waals surface area contributed by atoms with Crippen LogP contribution in [-0.2, 0) is 6.42 Å². The van der Waals surface area contributed by atoms with Gasteiger partial charge in [-0.15, -0.1) is 0 Å². The van der Waals surface area contributed by atoms with Crippen molar-refractivity contribution in [1.82, 2.24) is 0 Å². The maximum absolute atomic E-state index is 5.73. The highest BCUT2D eigenvalue weighted by Gasteiger charge is 2.17. The van der Waals surface area contributed by atoms with E-state index >= 15 is 0 Å². The van der Waals surface area contributed by atoms with Gasteiger partial charge in [0.25, 0.3) is 0 Å². The molecule has 1 fully saturated rings. The summed E-state index contributed by atoms with van der Waals surface area (Å²) in [6.07, 6.45) is 5.17. The molecule has 0 spiro atoms. The van der Waals surface area contributed by atoms with Crippen LogP contribution in [0, 0.1) is 5.92 Å². The van der Waals surface area contributed by atoms with Gasteiger partial charge >= 0.3 is 0 Å². The second-order valence-electron chi connectivity index (χ2n) is 4.19. The average molecular weight is 269 g/mol. The Kier molecular flexibility index (Phi) is 4.07. The number of benzene rings is 1. The van der Waals surface area contributed by atoms with Gasteiger partial charge in [-0.1, -0.05) is 34.5 Å². The van der Waals surface area contributed by atoms with Gasteiger partial charge in [0.2, 0.25) is 0 Å². The quantitative estimate of drug-likeness (QED) is 0.739. The van der Waals surface area contributed by atoms with Crippen LogP contribution in [0.2, 0.25) is 0 Å². The van der Waals surface area contributed by atoms with Crippen molar-refractivity contribution < 1.29 is 4.74 Å². The molecule has 0 aromatic heterocycles. The Balaban J connectivity index is 1.80. The molecule has 0 saturated heterocycles. The van der Waals surface area contributed by atoms with Gasteiger partial charge < -0.3 is 4.74 Å². The molecule has 1 aliphatic rings. The number of alkyl halides is 1. The number of aryl methyl sites for hydroxylation is 1. The van der Waals surface area contributed by atoms with Crippen LogP contribution in [0.3, 0.4) is 0 Å². The summed E-state index contributed by atoms with van der Waals surface area (Å²) in [5, 5.41) is 1.02. The van der Waals surface area contributed by atoms with Crippen molar-refractivity contribution in [3.8, 4) is 5.75 Å². The van der Waals surface area contributed by atoms with Crippen molar-refractivity contribution in [2.75, 3.05) is 11.9 Å². The standard InChI is InChI=1S/C13H17BrO/c14-9-8-11-4-6-13(7-5-11)15-10-12-2-1-3-12/h4-7,12H,1-3,8-10H2. The summed E-state index contributed by atoms with van der Waals surface area (Å²) in [7, 11) is 0. The highest BCUT2D eigenvalue weighted by molar-refractivity contribution is 9.09. The molecule has 0 amide bonds. The highest BCUT2D eigenvalue weighted by Crippen LogP contribution is 2.27. The maximum Gasteiger partial charge on any atom is 0.119 e. The van der Waals surface area contributed by atoms with Crippen molar-refractivity contribution in [3.63, 3.8) is 0 Å². The molecule has 0 bridgehead atoms. The van der Waals surface area contributed by atoms with Crippen molar-refractivity contribution >= 4 is 15.9 Å². The van der Waals surface area contributed by atoms with E-state index in [1.54, 1.807) is 0 Å². The van der Waals surface area contributed by atoms with E-state index in [0.29, 0.717) is 0 Å². The van der Waals surface area contributed by atoms with Crippen LogP contribution in [0.25, 0.3) is 0 Å². The molecule has 0 aliphatic heterocycles. The normalized spacial score (nSPS) is 16.1. The minimum absolute atomic E-state index is 0.812. The van der Waals surface area contributed by atoms with Gasteiger partial charge in [0.1, 0.15) is 5.75 Å². The third-order valence-electron chi connectivity index (χ3n) is 3.02. The lowest BCUT2D eigenvalue weighted by Crippen LogP contribution is -2.19. The minimum atomic E-state index is 0.812. The average Bonchev–Trinajstić information content (AvgIpc) is 2.19. The maximum atomic E-state index is 5.73. The minimum Gasteiger partial charge on any atom is -0.493 e. The molecule has 1 aromatic carbocycles. The molecule has 2 rings (SSSR count). The topological polar surface area (TPSA) is 9.23 Å². The molecule has 1 aliphatic carbocycles. The molecular weight excluding hydrogens is 252 g/mol. The predicted molar refractivity (Wildman–Crippen MR) is 66.8 cm³/mol. The highest BCUT2D eigenvalue weighted by atomic mass is 79.9. The Morgan fingerprint density at radius 2 is 1.93 bits per heavy atom. The fraction of sp³-hybridized carbons (Fsp3) is 0.538. The van der Waals surface area contributed by atoms with Gasteiger partial charge in [-0.05, 0) is 42.9 Å². The van der Waals surface area contributed by atoms with Gasteiger partial charge in [0.05, 0.1) is 6.61 Å². The van der Waals surface area contributed by atoms with Crippen LogP contribution in [0.1, 0.15) is 24.8 Å². The Hall–Kier alpha value is -0.500. The first-order valence-corrected chi connectivity index (χ1v) is 6.78. The van der Waals surface area contributed by atoms with Gasteiger partial charge in [-0.3, -0.25) is 0 Å². The van der Waals surface area contributed by atoms with E-state index in [2.05, 4.69) is 40.2 Å². The molecule has 2 heteroatoms. The fourth-order valence-electron chi connectivity index (χ4n) is 1.73. The summed E-state index contributed by atoms with van der Waals surface area (Å²) in [5.41, 5.74) is 1.36. The molecule has 15 heavy (non-hydrogen) atoms. The molecule has 0 radical (unpaired) electrons. The van der Waals surface area contributed by atoms with E-state index in [0.717, 1.165) is 30.0 Å². The number of hydrogen-bond donors (Lipinski definition) is 0. The third-order valence-corrected chi connectivity index (χ3v) is 3.41. The first-order chi connectivity index (χ1) is 7.38. The van der Waals surface area contributed by atoms with E-state index in [9.17, 15) is 0 Å². The lowest BCUT2D eigenvalue weighted by molar-refractivity contribution is 0.180. The first kappa shape index (κ1) is 11.0. The van der Waals surface area contributed by atoms with Gasteiger partial charge in [-0.2, -0.15) is 0 Å². The van der Waals surface area contributed by atoms with E-state index in [1.165, 1.54) is 24.8 Å². The Bertz CT molecular complexity index is 290. The summed E-state index contributed by atoms with van der Waals surface area (Å²) in [5.74, 6) is 1.83. The SMILES string of the molecule is BrCCc1ccc(OCC2CCC2)cc1. The molecule has 1 aromatic rings. The number of halogens is 1. The molecule has 1 nitrogen and oxygen atoms in total. The van der Waals surface area contributed by atoms with Crippen LogP contribution < -0.4 is 4.74 Å². The van der Waals surface area contributed by atoms with E-state index in [4.69, 9.17) is 4.74 Å². The van der Waals surface area contributed by atoms with E-state index in [1.807, 2.05) is 0 Å². The summed E-state index contributed by atoms with van der Waals surface area (Å²) < 4.78 is 5.73. The van der Waals surface area contributed by atoms with Crippen LogP contribution >= 0.6 is 15.9 Å². The molecule has 0 unspecified atom stereocenters. The van der Waals surface area contributed by atoms with Crippen molar-refractivity contribution in [2.24, 2.45) is 5.92 Å². The van der Waals surface area contributed by atoms with Crippen molar-refractivity contribution in [2.45, 2.75) is 25.7 Å².